The number of aromatic nitrogens is 1. The standard InChI is InChI=1S/C16H25N3/c1-11-9-13-14(17)3-2-4-15(13)19(11)16-10-18-7-5-12(16)6-8-18/h9,12,14,16H,2-8,10,17H2,1H3. The number of rotatable bonds is 1. The van der Waals surface area contributed by atoms with E-state index >= 15 is 0 Å². The van der Waals surface area contributed by atoms with Crippen molar-refractivity contribution in [1.82, 2.24) is 9.47 Å². The molecule has 1 aromatic rings. The van der Waals surface area contributed by atoms with Gasteiger partial charge in [-0.25, -0.2) is 0 Å². The third-order valence-corrected chi connectivity index (χ3v) is 5.65. The van der Waals surface area contributed by atoms with Crippen LogP contribution in [0.4, 0.5) is 0 Å². The van der Waals surface area contributed by atoms with Crippen LogP contribution < -0.4 is 5.73 Å². The van der Waals surface area contributed by atoms with E-state index in [0.29, 0.717) is 0 Å². The molecular formula is C16H25N3. The lowest BCUT2D eigenvalue weighted by atomic mass is 9.83. The molecular weight excluding hydrogens is 234 g/mol. The number of hydrogen-bond acceptors (Lipinski definition) is 2. The van der Waals surface area contributed by atoms with Gasteiger partial charge in [-0.05, 0) is 69.7 Å². The van der Waals surface area contributed by atoms with E-state index in [9.17, 15) is 0 Å². The van der Waals surface area contributed by atoms with Crippen LogP contribution in [0.2, 0.25) is 0 Å². The number of aryl methyl sites for hydroxylation is 1. The molecule has 0 spiro atoms. The Kier molecular flexibility index (Phi) is 2.75. The van der Waals surface area contributed by atoms with Crippen molar-refractivity contribution in [1.29, 1.82) is 0 Å². The summed E-state index contributed by atoms with van der Waals surface area (Å²) in [5, 5.41) is 0. The topological polar surface area (TPSA) is 34.2 Å². The van der Waals surface area contributed by atoms with E-state index in [-0.39, 0.29) is 6.04 Å². The Morgan fingerprint density at radius 1 is 1.21 bits per heavy atom. The molecule has 0 aromatic carbocycles. The largest absolute Gasteiger partial charge is 0.344 e. The first-order chi connectivity index (χ1) is 9.24. The van der Waals surface area contributed by atoms with Gasteiger partial charge in [0.2, 0.25) is 0 Å². The fourth-order valence-electron chi connectivity index (χ4n) is 4.65. The van der Waals surface area contributed by atoms with E-state index < -0.39 is 0 Å². The Hall–Kier alpha value is -0.800. The van der Waals surface area contributed by atoms with E-state index in [2.05, 4.69) is 22.5 Å². The van der Waals surface area contributed by atoms with Crippen molar-refractivity contribution < 1.29 is 0 Å². The van der Waals surface area contributed by atoms with Crippen LogP contribution in [-0.4, -0.2) is 29.1 Å². The zero-order valence-corrected chi connectivity index (χ0v) is 11.9. The fourth-order valence-corrected chi connectivity index (χ4v) is 4.65. The summed E-state index contributed by atoms with van der Waals surface area (Å²) < 4.78 is 2.67. The summed E-state index contributed by atoms with van der Waals surface area (Å²) in [7, 11) is 0. The molecule has 0 saturated carbocycles. The minimum atomic E-state index is 0.282. The van der Waals surface area contributed by atoms with Gasteiger partial charge in [0.05, 0.1) is 0 Å². The molecule has 5 rings (SSSR count). The van der Waals surface area contributed by atoms with E-state index in [4.69, 9.17) is 5.73 Å². The Balaban J connectivity index is 1.75. The monoisotopic (exact) mass is 259 g/mol. The van der Waals surface area contributed by atoms with Gasteiger partial charge < -0.3 is 15.2 Å². The Bertz CT molecular complexity index is 482. The van der Waals surface area contributed by atoms with Gasteiger partial charge in [0.25, 0.3) is 0 Å². The minimum absolute atomic E-state index is 0.282. The number of piperidine rings is 3. The quantitative estimate of drug-likeness (QED) is 0.840. The van der Waals surface area contributed by atoms with Gasteiger partial charge >= 0.3 is 0 Å². The lowest BCUT2D eigenvalue weighted by Gasteiger charge is -2.46. The maximum absolute atomic E-state index is 6.31. The van der Waals surface area contributed by atoms with E-state index in [0.717, 1.165) is 18.4 Å². The summed E-state index contributed by atoms with van der Waals surface area (Å²) in [5.41, 5.74) is 10.8. The van der Waals surface area contributed by atoms with Gasteiger partial charge in [-0.15, -0.1) is 0 Å². The zero-order chi connectivity index (χ0) is 13.0. The molecule has 19 heavy (non-hydrogen) atoms. The highest BCUT2D eigenvalue weighted by Crippen LogP contribution is 2.40. The Labute approximate surface area is 115 Å². The zero-order valence-electron chi connectivity index (χ0n) is 11.9. The molecule has 3 saturated heterocycles. The molecule has 2 atom stereocenters. The summed E-state index contributed by atoms with van der Waals surface area (Å²) in [4.78, 5) is 2.65. The van der Waals surface area contributed by atoms with Gasteiger partial charge in [-0.1, -0.05) is 0 Å². The molecule has 0 amide bonds. The van der Waals surface area contributed by atoms with Crippen LogP contribution in [0.15, 0.2) is 6.07 Å². The average Bonchev–Trinajstić information content (AvgIpc) is 2.78. The van der Waals surface area contributed by atoms with Crippen LogP contribution in [0.3, 0.4) is 0 Å². The molecule has 3 fully saturated rings. The van der Waals surface area contributed by atoms with E-state index in [1.807, 2.05) is 0 Å². The minimum Gasteiger partial charge on any atom is -0.344 e. The van der Waals surface area contributed by atoms with Crippen LogP contribution in [-0.2, 0) is 6.42 Å². The summed E-state index contributed by atoms with van der Waals surface area (Å²) >= 11 is 0. The Morgan fingerprint density at radius 2 is 2.00 bits per heavy atom. The van der Waals surface area contributed by atoms with Crippen LogP contribution in [0.5, 0.6) is 0 Å². The van der Waals surface area contributed by atoms with Crippen molar-refractivity contribution in [3.8, 4) is 0 Å². The predicted octanol–water partition coefficient (Wildman–Crippen LogP) is 2.40. The summed E-state index contributed by atoms with van der Waals surface area (Å²) in [6.45, 7) is 6.19. The number of nitrogens with two attached hydrogens (primary N) is 1. The van der Waals surface area contributed by atoms with Crippen LogP contribution >= 0.6 is 0 Å². The second-order valence-corrected chi connectivity index (χ2v) is 6.76. The van der Waals surface area contributed by atoms with Gasteiger partial charge in [0.15, 0.2) is 0 Å². The Morgan fingerprint density at radius 3 is 2.68 bits per heavy atom. The van der Waals surface area contributed by atoms with Gasteiger partial charge in [-0.2, -0.15) is 0 Å². The van der Waals surface area contributed by atoms with Crippen LogP contribution in [0, 0.1) is 12.8 Å². The summed E-state index contributed by atoms with van der Waals surface area (Å²) in [6.07, 6.45) is 6.45. The van der Waals surface area contributed by atoms with Gasteiger partial charge in [0.1, 0.15) is 0 Å². The van der Waals surface area contributed by atoms with Gasteiger partial charge in [-0.3, -0.25) is 0 Å². The maximum atomic E-state index is 6.31. The second-order valence-electron chi connectivity index (χ2n) is 6.76. The molecule has 0 radical (unpaired) electrons. The molecule has 104 valence electrons. The molecule has 1 aromatic heterocycles. The van der Waals surface area contributed by atoms with Crippen molar-refractivity contribution in [3.05, 3.63) is 23.0 Å². The van der Waals surface area contributed by atoms with Crippen molar-refractivity contribution in [2.45, 2.75) is 51.1 Å². The van der Waals surface area contributed by atoms with E-state index in [1.54, 1.807) is 5.69 Å². The first-order valence-corrected chi connectivity index (χ1v) is 7.92. The molecule has 3 nitrogen and oxygen atoms in total. The second kappa shape index (κ2) is 4.35. The SMILES string of the molecule is Cc1cc2c(n1C1CN3CCC1CC3)CCCC2N. The van der Waals surface area contributed by atoms with Crippen molar-refractivity contribution in [3.63, 3.8) is 0 Å². The van der Waals surface area contributed by atoms with Crippen molar-refractivity contribution in [2.24, 2.45) is 11.7 Å². The third kappa shape index (κ3) is 1.78. The van der Waals surface area contributed by atoms with Crippen LogP contribution in [0.1, 0.15) is 54.7 Å². The molecule has 3 heteroatoms. The molecule has 3 aliphatic heterocycles. The fraction of sp³-hybridized carbons (Fsp3) is 0.750. The van der Waals surface area contributed by atoms with Crippen molar-refractivity contribution in [2.75, 3.05) is 19.6 Å². The number of nitrogens with zero attached hydrogens (tertiary/aromatic N) is 2. The molecule has 2 N–H and O–H groups in total. The normalized spacial score (nSPS) is 37.4. The molecule has 2 unspecified atom stereocenters. The summed E-state index contributed by atoms with van der Waals surface area (Å²) in [5.74, 6) is 0.901. The first kappa shape index (κ1) is 12.0. The maximum Gasteiger partial charge on any atom is 0.0492 e. The third-order valence-electron chi connectivity index (χ3n) is 5.65. The molecule has 2 bridgehead atoms. The molecule has 4 aliphatic rings. The number of fused-ring (bicyclic) bond motifs is 4. The molecule has 1 aliphatic carbocycles. The number of hydrogen-bond donors (Lipinski definition) is 1. The molecule has 4 heterocycles. The van der Waals surface area contributed by atoms with Gasteiger partial charge in [0, 0.05) is 30.0 Å². The van der Waals surface area contributed by atoms with E-state index in [1.165, 1.54) is 56.6 Å². The smallest absolute Gasteiger partial charge is 0.0492 e. The predicted molar refractivity (Wildman–Crippen MR) is 77.2 cm³/mol. The lowest BCUT2D eigenvalue weighted by Crippen LogP contribution is -2.48. The average molecular weight is 259 g/mol. The highest BCUT2D eigenvalue weighted by Gasteiger charge is 2.37. The van der Waals surface area contributed by atoms with Crippen molar-refractivity contribution >= 4 is 0 Å². The first-order valence-electron chi connectivity index (χ1n) is 7.92. The highest BCUT2D eigenvalue weighted by atomic mass is 15.2. The summed E-state index contributed by atoms with van der Waals surface area (Å²) in [6, 6.07) is 3.37. The highest BCUT2D eigenvalue weighted by molar-refractivity contribution is 5.33. The van der Waals surface area contributed by atoms with Crippen LogP contribution in [0.25, 0.3) is 0 Å². The lowest BCUT2D eigenvalue weighted by molar-refractivity contribution is 0.0549.